The maximum Gasteiger partial charge on any atom is 0.0739 e. The van der Waals surface area contributed by atoms with Crippen molar-refractivity contribution in [2.24, 2.45) is 0 Å². The Bertz CT molecular complexity index is 669. The molecule has 2 heterocycles. The fourth-order valence-electron chi connectivity index (χ4n) is 3.06. The van der Waals surface area contributed by atoms with Gasteiger partial charge in [0.1, 0.15) is 0 Å². The Morgan fingerprint density at radius 1 is 1.40 bits per heavy atom. The summed E-state index contributed by atoms with van der Waals surface area (Å²) in [6, 6.07) is 3.86. The summed E-state index contributed by atoms with van der Waals surface area (Å²) in [6.07, 6.45) is 0.953. The molecule has 1 aromatic heterocycles. The molecule has 20 heavy (non-hydrogen) atoms. The minimum absolute atomic E-state index is 0.0404. The molecule has 2 aromatic rings. The molecule has 0 fully saturated rings. The monoisotopic (exact) mass is 290 g/mol. The highest BCUT2D eigenvalue weighted by atomic mass is 35.5. The average Bonchev–Trinajstić information content (AvgIpc) is 2.44. The minimum atomic E-state index is 0.0404. The molecular formula is C16H19ClN2O. The Labute approximate surface area is 124 Å². The molecule has 0 spiro atoms. The highest BCUT2D eigenvalue weighted by Gasteiger charge is 2.22. The number of likely N-dealkylation sites (N-methyl/N-ethyl adjacent to an activating group) is 1. The van der Waals surface area contributed by atoms with E-state index in [1.807, 2.05) is 19.1 Å². The van der Waals surface area contributed by atoms with Crippen LogP contribution < -0.4 is 0 Å². The van der Waals surface area contributed by atoms with Gasteiger partial charge in [-0.15, -0.1) is 0 Å². The Morgan fingerprint density at radius 3 is 2.90 bits per heavy atom. The van der Waals surface area contributed by atoms with Crippen LogP contribution in [0.15, 0.2) is 12.1 Å². The van der Waals surface area contributed by atoms with E-state index >= 15 is 0 Å². The third-order valence-electron chi connectivity index (χ3n) is 4.20. The summed E-state index contributed by atoms with van der Waals surface area (Å²) >= 11 is 6.17. The van der Waals surface area contributed by atoms with Gasteiger partial charge in [0.05, 0.1) is 12.1 Å². The van der Waals surface area contributed by atoms with E-state index in [1.165, 1.54) is 5.56 Å². The van der Waals surface area contributed by atoms with Crippen molar-refractivity contribution in [2.45, 2.75) is 33.4 Å². The Hall–Kier alpha value is -1.16. The van der Waals surface area contributed by atoms with Gasteiger partial charge in [-0.1, -0.05) is 18.5 Å². The van der Waals surface area contributed by atoms with Gasteiger partial charge in [0.15, 0.2) is 0 Å². The lowest BCUT2D eigenvalue weighted by atomic mass is 9.95. The van der Waals surface area contributed by atoms with Gasteiger partial charge in [0.25, 0.3) is 0 Å². The molecule has 0 atom stereocenters. The van der Waals surface area contributed by atoms with Gasteiger partial charge in [0, 0.05) is 35.6 Å². The molecule has 106 valence electrons. The molecule has 0 radical (unpaired) electrons. The molecule has 0 bridgehead atoms. The predicted octanol–water partition coefficient (Wildman–Crippen LogP) is 3.07. The van der Waals surface area contributed by atoms with E-state index in [-0.39, 0.29) is 6.61 Å². The summed E-state index contributed by atoms with van der Waals surface area (Å²) in [5, 5.41) is 11.5. The smallest absolute Gasteiger partial charge is 0.0739 e. The van der Waals surface area contributed by atoms with Crippen molar-refractivity contribution in [3.8, 4) is 0 Å². The van der Waals surface area contributed by atoms with E-state index in [0.717, 1.165) is 53.8 Å². The minimum Gasteiger partial charge on any atom is -0.392 e. The molecule has 0 saturated heterocycles. The molecule has 0 unspecified atom stereocenters. The lowest BCUT2D eigenvalue weighted by Crippen LogP contribution is -2.31. The van der Waals surface area contributed by atoms with E-state index in [2.05, 4.69) is 11.8 Å². The van der Waals surface area contributed by atoms with E-state index in [4.69, 9.17) is 16.6 Å². The summed E-state index contributed by atoms with van der Waals surface area (Å²) < 4.78 is 0. The lowest BCUT2D eigenvalue weighted by molar-refractivity contribution is 0.252. The normalized spacial score (nSPS) is 15.6. The first-order valence-corrected chi connectivity index (χ1v) is 7.45. The zero-order valence-corrected chi connectivity index (χ0v) is 12.7. The Morgan fingerprint density at radius 2 is 2.20 bits per heavy atom. The van der Waals surface area contributed by atoms with Gasteiger partial charge in [-0.2, -0.15) is 0 Å². The quantitative estimate of drug-likeness (QED) is 0.923. The van der Waals surface area contributed by atoms with Crippen LogP contribution in [0.25, 0.3) is 10.9 Å². The molecule has 4 heteroatoms. The van der Waals surface area contributed by atoms with Crippen molar-refractivity contribution < 1.29 is 5.11 Å². The summed E-state index contributed by atoms with van der Waals surface area (Å²) in [7, 11) is 0. The summed E-state index contributed by atoms with van der Waals surface area (Å²) in [4.78, 5) is 7.22. The molecule has 0 amide bonds. The molecule has 3 rings (SSSR count). The van der Waals surface area contributed by atoms with Crippen LogP contribution in [0.1, 0.15) is 29.3 Å². The number of pyridine rings is 1. The molecule has 0 saturated carbocycles. The SMILES string of the molecule is CCN1CCc2nc3c(C)cc(Cl)cc3c(CO)c2C1. The second-order valence-electron chi connectivity index (χ2n) is 5.41. The molecule has 0 aliphatic carbocycles. The van der Waals surface area contributed by atoms with Crippen molar-refractivity contribution in [1.82, 2.24) is 9.88 Å². The van der Waals surface area contributed by atoms with E-state index < -0.39 is 0 Å². The number of aryl methyl sites for hydroxylation is 1. The van der Waals surface area contributed by atoms with Crippen molar-refractivity contribution in [2.75, 3.05) is 13.1 Å². The fourth-order valence-corrected chi connectivity index (χ4v) is 3.34. The van der Waals surface area contributed by atoms with Gasteiger partial charge in [0.2, 0.25) is 0 Å². The number of benzene rings is 1. The number of rotatable bonds is 2. The predicted molar refractivity (Wildman–Crippen MR) is 82.1 cm³/mol. The number of fused-ring (bicyclic) bond motifs is 2. The standard InChI is InChI=1S/C16H19ClN2O/c1-3-19-5-4-15-13(8-19)14(9-20)12-7-11(17)6-10(2)16(12)18-15/h6-7,20H,3-5,8-9H2,1-2H3. The second-order valence-corrected chi connectivity index (χ2v) is 5.85. The number of hydrogen-bond acceptors (Lipinski definition) is 3. The topological polar surface area (TPSA) is 36.4 Å². The van der Waals surface area contributed by atoms with Crippen molar-refractivity contribution in [1.29, 1.82) is 0 Å². The zero-order valence-electron chi connectivity index (χ0n) is 11.9. The zero-order chi connectivity index (χ0) is 14.3. The highest BCUT2D eigenvalue weighted by Crippen LogP contribution is 2.31. The molecular weight excluding hydrogens is 272 g/mol. The Kier molecular flexibility index (Phi) is 3.67. The lowest BCUT2D eigenvalue weighted by Gasteiger charge is -2.29. The third-order valence-corrected chi connectivity index (χ3v) is 4.42. The summed E-state index contributed by atoms with van der Waals surface area (Å²) in [6.45, 7) is 7.17. The average molecular weight is 291 g/mol. The van der Waals surface area contributed by atoms with Crippen LogP contribution in [0.2, 0.25) is 5.02 Å². The van der Waals surface area contributed by atoms with Crippen molar-refractivity contribution in [3.63, 3.8) is 0 Å². The maximum absolute atomic E-state index is 9.84. The van der Waals surface area contributed by atoms with Gasteiger partial charge in [-0.05, 0) is 42.3 Å². The van der Waals surface area contributed by atoms with Crippen LogP contribution in [0.5, 0.6) is 0 Å². The van der Waals surface area contributed by atoms with E-state index in [1.54, 1.807) is 0 Å². The number of halogens is 1. The summed E-state index contributed by atoms with van der Waals surface area (Å²) in [5.41, 5.74) is 5.37. The first-order valence-electron chi connectivity index (χ1n) is 7.07. The number of aliphatic hydroxyl groups excluding tert-OH is 1. The van der Waals surface area contributed by atoms with Crippen LogP contribution in [0.4, 0.5) is 0 Å². The van der Waals surface area contributed by atoms with Gasteiger partial charge >= 0.3 is 0 Å². The van der Waals surface area contributed by atoms with Crippen molar-refractivity contribution in [3.05, 3.63) is 39.5 Å². The number of hydrogen-bond donors (Lipinski definition) is 1. The number of aromatic nitrogens is 1. The fraction of sp³-hybridized carbons (Fsp3) is 0.438. The molecule has 1 N–H and O–H groups in total. The van der Waals surface area contributed by atoms with Crippen molar-refractivity contribution >= 4 is 22.5 Å². The maximum atomic E-state index is 9.84. The molecule has 1 aromatic carbocycles. The number of nitrogens with zero attached hydrogens (tertiary/aromatic N) is 2. The van der Waals surface area contributed by atoms with Crippen LogP contribution >= 0.6 is 11.6 Å². The molecule has 1 aliphatic rings. The van der Waals surface area contributed by atoms with Crippen LogP contribution in [0.3, 0.4) is 0 Å². The van der Waals surface area contributed by atoms with Crippen LogP contribution in [0, 0.1) is 6.92 Å². The van der Waals surface area contributed by atoms with Gasteiger partial charge in [-0.25, -0.2) is 0 Å². The largest absolute Gasteiger partial charge is 0.392 e. The Balaban J connectivity index is 2.28. The van der Waals surface area contributed by atoms with Gasteiger partial charge < -0.3 is 5.11 Å². The second kappa shape index (κ2) is 5.32. The van der Waals surface area contributed by atoms with Gasteiger partial charge in [-0.3, -0.25) is 9.88 Å². The van der Waals surface area contributed by atoms with Crippen LogP contribution in [-0.4, -0.2) is 28.1 Å². The first kappa shape index (κ1) is 13.8. The third kappa shape index (κ3) is 2.20. The molecule has 1 aliphatic heterocycles. The number of aliphatic hydroxyl groups is 1. The molecule has 3 nitrogen and oxygen atoms in total. The van der Waals surface area contributed by atoms with E-state index in [9.17, 15) is 5.11 Å². The first-order chi connectivity index (χ1) is 9.63. The van der Waals surface area contributed by atoms with Crippen LogP contribution in [-0.2, 0) is 19.6 Å². The summed E-state index contributed by atoms with van der Waals surface area (Å²) in [5.74, 6) is 0. The highest BCUT2D eigenvalue weighted by molar-refractivity contribution is 6.31. The van der Waals surface area contributed by atoms with E-state index in [0.29, 0.717) is 5.02 Å².